The van der Waals surface area contributed by atoms with Gasteiger partial charge in [-0.25, -0.2) is 12.7 Å². The van der Waals surface area contributed by atoms with Crippen molar-refractivity contribution in [2.45, 2.75) is 69.3 Å². The molecule has 0 amide bonds. The smallest absolute Gasteiger partial charge is 0.766 e. The maximum atomic E-state index is 12.9. The molecule has 1 aliphatic carbocycles. The average Bonchev–Trinajstić information content (AvgIpc) is 2.72. The summed E-state index contributed by atoms with van der Waals surface area (Å²) in [7, 11) is -3.35. The van der Waals surface area contributed by atoms with Crippen LogP contribution in [0.25, 0.3) is 0 Å². The van der Waals surface area contributed by atoms with Crippen LogP contribution < -0.4 is 0 Å². The fourth-order valence-corrected chi connectivity index (χ4v) is 5.20. The fraction of sp³-hybridized carbons (Fsp3) is 0.571. The van der Waals surface area contributed by atoms with Gasteiger partial charge < -0.3 is 21.2 Å². The van der Waals surface area contributed by atoms with Gasteiger partial charge in [0.2, 0.25) is 10.0 Å². The van der Waals surface area contributed by atoms with Crippen LogP contribution in [0, 0.1) is 19.3 Å². The minimum absolute atomic E-state index is 0. The van der Waals surface area contributed by atoms with Gasteiger partial charge in [-0.2, -0.15) is 19.6 Å². The van der Waals surface area contributed by atoms with Gasteiger partial charge in [0.1, 0.15) is 0 Å². The van der Waals surface area contributed by atoms with E-state index in [0.29, 0.717) is 17.4 Å². The zero-order valence-corrected chi connectivity index (χ0v) is 23.0. The molecule has 1 aliphatic heterocycles. The van der Waals surface area contributed by atoms with Crippen LogP contribution in [0.1, 0.15) is 51.5 Å². The molecule has 1 heterocycles. The maximum absolute atomic E-state index is 12.9. The van der Waals surface area contributed by atoms with Gasteiger partial charge in [0.05, 0.1) is 16.0 Å². The van der Waals surface area contributed by atoms with E-state index in [1.165, 1.54) is 12.8 Å². The number of rotatable bonds is 2. The molecule has 1 saturated carbocycles. The molecular formula is C21H30F3NO8PdS2. The summed E-state index contributed by atoms with van der Waals surface area (Å²) in [6.07, 6.45) is 7.79. The number of piperidine rings is 1. The van der Waals surface area contributed by atoms with Crippen molar-refractivity contribution >= 4 is 33.0 Å². The number of carbonyl (C=O) groups is 2. The number of aryl methyl sites for hydroxylation is 1. The van der Waals surface area contributed by atoms with Crippen LogP contribution in [0.3, 0.4) is 0 Å². The van der Waals surface area contributed by atoms with E-state index in [1.807, 2.05) is 19.1 Å². The molecule has 3 atom stereocenters. The molecule has 210 valence electrons. The van der Waals surface area contributed by atoms with Crippen molar-refractivity contribution < 1.29 is 70.6 Å². The zero-order valence-electron chi connectivity index (χ0n) is 19.8. The minimum Gasteiger partial charge on any atom is -0.766 e. The number of carboxylic acids is 2. The number of aliphatic carboxylic acids is 2. The van der Waals surface area contributed by atoms with Crippen molar-refractivity contribution in [2.24, 2.45) is 5.92 Å². The van der Waals surface area contributed by atoms with E-state index < -0.39 is 38.6 Å². The van der Waals surface area contributed by atoms with Crippen molar-refractivity contribution in [1.29, 1.82) is 0 Å². The van der Waals surface area contributed by atoms with Gasteiger partial charge in [-0.05, 0) is 25.5 Å². The molecule has 3 rings (SSSR count). The van der Waals surface area contributed by atoms with Gasteiger partial charge in [-0.15, -0.1) is 6.54 Å². The second-order valence-electron chi connectivity index (χ2n) is 7.74. The Bertz CT molecular complexity index is 921. The van der Waals surface area contributed by atoms with Crippen LogP contribution in [0.4, 0.5) is 13.2 Å². The summed E-state index contributed by atoms with van der Waals surface area (Å²) in [5.41, 5.74) is -4.00. The Morgan fingerprint density at radius 3 is 1.92 bits per heavy atom. The fourth-order valence-electron chi connectivity index (χ4n) is 3.52. The molecule has 0 radical (unpaired) electrons. The van der Waals surface area contributed by atoms with Crippen molar-refractivity contribution in [3.63, 3.8) is 0 Å². The van der Waals surface area contributed by atoms with Gasteiger partial charge in [-0.1, -0.05) is 42.9 Å². The molecule has 0 bridgehead atoms. The molecule has 1 aromatic carbocycles. The Labute approximate surface area is 225 Å². The number of nitrogens with zero attached hydrogens (tertiary/aromatic N) is 1. The molecule has 1 aromatic rings. The first kappa shape index (κ1) is 36.8. The quantitative estimate of drug-likeness (QED) is 0.279. The molecule has 2 aliphatic rings. The zero-order chi connectivity index (χ0) is 27.4. The number of benzene rings is 1. The predicted octanol–water partition coefficient (Wildman–Crippen LogP) is 3.72. The first-order valence-corrected chi connectivity index (χ1v) is 13.0. The summed E-state index contributed by atoms with van der Waals surface area (Å²) in [4.78, 5) is 18.4. The molecule has 2 fully saturated rings. The monoisotopic (exact) mass is 651 g/mol. The maximum Gasteiger partial charge on any atom is 2.00 e. The Hall–Kier alpha value is -1.37. The summed E-state index contributed by atoms with van der Waals surface area (Å²) in [5.74, 6) is -1.14. The summed E-state index contributed by atoms with van der Waals surface area (Å²) in [6.45, 7) is 4.71. The molecule has 2 N–H and O–H groups in total. The van der Waals surface area contributed by atoms with Gasteiger partial charge in [0.25, 0.3) is 11.9 Å². The van der Waals surface area contributed by atoms with Crippen molar-refractivity contribution in [3.8, 4) is 0 Å². The van der Waals surface area contributed by atoms with E-state index in [9.17, 15) is 21.6 Å². The number of halogens is 3. The standard InChI is InChI=1S/C16H22NO2S.2C2H4O2.CHF3O2S.Pd/c1-13-8-10-15(11-9-13)20(18,19)17-12-4-6-14-5-2-3-7-16(14)17;2*1-2(3)4;2-1(3,4)7(5)6;/h4,8-11,14,16H,2-3,5-7,12H2,1H3;2*1H3,(H,3,4);(H,5,6);/q-1;;;;+2/p-1. The number of hydrogen-bond donors (Lipinski definition) is 2. The summed E-state index contributed by atoms with van der Waals surface area (Å²) in [6, 6.07) is 7.42. The van der Waals surface area contributed by atoms with E-state index in [1.54, 1.807) is 16.4 Å². The second kappa shape index (κ2) is 17.2. The van der Waals surface area contributed by atoms with Crippen LogP contribution in [-0.4, -0.2) is 61.7 Å². The van der Waals surface area contributed by atoms with Gasteiger partial charge in [0, 0.05) is 19.9 Å². The molecular weight excluding hydrogens is 622 g/mol. The molecule has 15 heteroatoms. The van der Waals surface area contributed by atoms with E-state index in [0.717, 1.165) is 38.7 Å². The predicted molar refractivity (Wildman–Crippen MR) is 121 cm³/mol. The Balaban J connectivity index is 0. The number of alkyl halides is 3. The molecule has 0 spiro atoms. The summed E-state index contributed by atoms with van der Waals surface area (Å²) < 4.78 is 76.9. The SMILES string of the molecule is CC(=O)O.CC(=O)O.Cc1ccc(S(=O)(=O)N2C[CH-]CC3CCCCC32)cc1.O=S([O-])C(F)(F)F.[Pd+2]. The number of hydrogen-bond acceptors (Lipinski definition) is 6. The first-order chi connectivity index (χ1) is 16.0. The normalized spacial score (nSPS) is 20.2. The summed E-state index contributed by atoms with van der Waals surface area (Å²) in [5, 5.41) is 14.8. The van der Waals surface area contributed by atoms with Gasteiger partial charge >= 0.3 is 25.9 Å². The van der Waals surface area contributed by atoms with Crippen LogP contribution in [0.15, 0.2) is 29.2 Å². The molecule has 1 saturated heterocycles. The van der Waals surface area contributed by atoms with Crippen molar-refractivity contribution in [1.82, 2.24) is 4.31 Å². The van der Waals surface area contributed by atoms with E-state index in [-0.39, 0.29) is 26.5 Å². The van der Waals surface area contributed by atoms with Crippen LogP contribution in [0.5, 0.6) is 0 Å². The largest absolute Gasteiger partial charge is 2.00 e. The van der Waals surface area contributed by atoms with Gasteiger partial charge in [0.15, 0.2) is 0 Å². The van der Waals surface area contributed by atoms with Gasteiger partial charge in [-0.3, -0.25) is 13.8 Å². The molecule has 9 nitrogen and oxygen atoms in total. The third kappa shape index (κ3) is 14.4. The average molecular weight is 652 g/mol. The molecule has 36 heavy (non-hydrogen) atoms. The van der Waals surface area contributed by atoms with Crippen LogP contribution >= 0.6 is 0 Å². The number of carboxylic acid groups (broad SMARTS) is 2. The Kier molecular flexibility index (Phi) is 17.6. The van der Waals surface area contributed by atoms with E-state index in [2.05, 4.69) is 6.42 Å². The number of sulfonamides is 1. The van der Waals surface area contributed by atoms with Crippen molar-refractivity contribution in [2.75, 3.05) is 6.54 Å². The first-order valence-electron chi connectivity index (χ1n) is 10.5. The Morgan fingerprint density at radius 2 is 1.50 bits per heavy atom. The topological polar surface area (TPSA) is 152 Å². The van der Waals surface area contributed by atoms with E-state index >= 15 is 0 Å². The number of fused-ring (bicyclic) bond motifs is 1. The van der Waals surface area contributed by atoms with E-state index in [4.69, 9.17) is 28.6 Å². The van der Waals surface area contributed by atoms with Crippen molar-refractivity contribution in [3.05, 3.63) is 36.2 Å². The third-order valence-electron chi connectivity index (χ3n) is 4.83. The Morgan fingerprint density at radius 1 is 1.08 bits per heavy atom. The second-order valence-corrected chi connectivity index (χ2v) is 10.6. The van der Waals surface area contributed by atoms with Crippen LogP contribution in [0.2, 0.25) is 0 Å². The summed E-state index contributed by atoms with van der Waals surface area (Å²) >= 11 is -3.93. The molecule has 0 aromatic heterocycles. The third-order valence-corrected chi connectivity index (χ3v) is 7.12. The van der Waals surface area contributed by atoms with Crippen LogP contribution in [-0.2, 0) is 51.1 Å². The molecule has 3 unspecified atom stereocenters. The minimum atomic E-state index is -5.08.